The van der Waals surface area contributed by atoms with Gasteiger partial charge < -0.3 is 11.1 Å². The van der Waals surface area contributed by atoms with Crippen molar-refractivity contribution in [1.82, 2.24) is 10.3 Å². The largest absolute Gasteiger partial charge is 0.370 e. The summed E-state index contributed by atoms with van der Waals surface area (Å²) in [4.78, 5) is 8.76. The fourth-order valence-electron chi connectivity index (χ4n) is 1.94. The van der Waals surface area contributed by atoms with E-state index in [1.807, 2.05) is 18.2 Å². The predicted octanol–water partition coefficient (Wildman–Crippen LogP) is 1.75. The van der Waals surface area contributed by atoms with E-state index in [0.717, 1.165) is 17.7 Å². The molecule has 0 saturated carbocycles. The smallest absolute Gasteiger partial charge is 0.188 e. The summed E-state index contributed by atoms with van der Waals surface area (Å²) in [6.07, 6.45) is 3.71. The minimum Gasteiger partial charge on any atom is -0.370 e. The highest BCUT2D eigenvalue weighted by Crippen LogP contribution is 2.10. The predicted molar refractivity (Wildman–Crippen MR) is 106 cm³/mol. The quantitative estimate of drug-likeness (QED) is 0.389. The molecule has 0 aliphatic rings. The molecule has 0 unspecified atom stereocenters. The Hall–Kier alpha value is -1.68. The van der Waals surface area contributed by atoms with Crippen LogP contribution in [0.15, 0.2) is 58.5 Å². The van der Waals surface area contributed by atoms with Crippen LogP contribution in [-0.2, 0) is 22.8 Å². The van der Waals surface area contributed by atoms with Crippen molar-refractivity contribution >= 4 is 39.8 Å². The Morgan fingerprint density at radius 3 is 2.50 bits per heavy atom. The molecule has 2 rings (SSSR count). The number of halogens is 1. The number of nitrogens with zero attached hydrogens (tertiary/aromatic N) is 2. The Morgan fingerprint density at radius 2 is 1.92 bits per heavy atom. The van der Waals surface area contributed by atoms with E-state index in [2.05, 4.69) is 15.3 Å². The van der Waals surface area contributed by atoms with Gasteiger partial charge in [-0.15, -0.1) is 24.0 Å². The molecule has 0 saturated heterocycles. The summed E-state index contributed by atoms with van der Waals surface area (Å²) in [7, 11) is -3.17. The molecule has 1 aromatic carbocycles. The van der Waals surface area contributed by atoms with Crippen LogP contribution in [0.2, 0.25) is 0 Å². The summed E-state index contributed by atoms with van der Waals surface area (Å²) < 4.78 is 22.8. The SMILES string of the molecule is CS(=O)(=O)c1ccc(CN=C(N)NCCc2ccccn2)cc1.I. The molecule has 0 aliphatic carbocycles. The first-order valence-electron chi connectivity index (χ1n) is 7.18. The van der Waals surface area contributed by atoms with Crippen LogP contribution in [0.25, 0.3) is 0 Å². The van der Waals surface area contributed by atoms with Gasteiger partial charge in [0.05, 0.1) is 11.4 Å². The lowest BCUT2D eigenvalue weighted by Gasteiger charge is -2.05. The van der Waals surface area contributed by atoms with Gasteiger partial charge in [-0.2, -0.15) is 0 Å². The lowest BCUT2D eigenvalue weighted by atomic mass is 10.2. The number of nitrogens with one attached hydrogen (secondary N) is 1. The topological polar surface area (TPSA) is 97.4 Å². The number of guanidine groups is 1. The van der Waals surface area contributed by atoms with Crippen molar-refractivity contribution in [3.8, 4) is 0 Å². The molecular weight excluding hydrogens is 439 g/mol. The number of pyridine rings is 1. The van der Waals surface area contributed by atoms with Crippen LogP contribution >= 0.6 is 24.0 Å². The van der Waals surface area contributed by atoms with Crippen molar-refractivity contribution in [2.75, 3.05) is 12.8 Å². The molecule has 1 aromatic heterocycles. The number of sulfone groups is 1. The molecule has 0 fully saturated rings. The third-order valence-electron chi connectivity index (χ3n) is 3.20. The third kappa shape index (κ3) is 6.83. The van der Waals surface area contributed by atoms with Crippen molar-refractivity contribution in [2.45, 2.75) is 17.9 Å². The number of benzene rings is 1. The molecule has 8 heteroatoms. The zero-order valence-corrected chi connectivity index (χ0v) is 16.5. The van der Waals surface area contributed by atoms with Crippen molar-refractivity contribution in [3.63, 3.8) is 0 Å². The summed E-state index contributed by atoms with van der Waals surface area (Å²) >= 11 is 0. The number of rotatable bonds is 6. The van der Waals surface area contributed by atoms with Crippen molar-refractivity contribution in [2.24, 2.45) is 10.7 Å². The van der Waals surface area contributed by atoms with E-state index < -0.39 is 9.84 Å². The number of aromatic nitrogens is 1. The van der Waals surface area contributed by atoms with Crippen molar-refractivity contribution < 1.29 is 8.42 Å². The highest BCUT2D eigenvalue weighted by molar-refractivity contribution is 14.0. The molecule has 24 heavy (non-hydrogen) atoms. The van der Waals surface area contributed by atoms with E-state index in [9.17, 15) is 8.42 Å². The van der Waals surface area contributed by atoms with Crippen molar-refractivity contribution in [1.29, 1.82) is 0 Å². The summed E-state index contributed by atoms with van der Waals surface area (Å²) in [5, 5.41) is 3.03. The van der Waals surface area contributed by atoms with Crippen LogP contribution in [0.3, 0.4) is 0 Å². The first kappa shape index (κ1) is 20.4. The molecule has 130 valence electrons. The van der Waals surface area contributed by atoms with E-state index in [4.69, 9.17) is 5.73 Å². The fourth-order valence-corrected chi connectivity index (χ4v) is 2.57. The lowest BCUT2D eigenvalue weighted by Crippen LogP contribution is -2.33. The first-order valence-corrected chi connectivity index (χ1v) is 9.07. The molecule has 0 bridgehead atoms. The summed E-state index contributed by atoms with van der Waals surface area (Å²) in [5.74, 6) is 0.355. The van der Waals surface area contributed by atoms with E-state index in [1.165, 1.54) is 6.26 Å². The normalized spacial score (nSPS) is 11.6. The molecule has 0 atom stereocenters. The highest BCUT2D eigenvalue weighted by atomic mass is 127. The molecule has 0 amide bonds. The first-order chi connectivity index (χ1) is 10.9. The van der Waals surface area contributed by atoms with Crippen molar-refractivity contribution in [3.05, 3.63) is 59.9 Å². The Balaban J connectivity index is 0.00000288. The maximum Gasteiger partial charge on any atom is 0.188 e. The monoisotopic (exact) mass is 460 g/mol. The van der Waals surface area contributed by atoms with Crippen LogP contribution in [-0.4, -0.2) is 32.2 Å². The molecule has 0 radical (unpaired) electrons. The second-order valence-corrected chi connectivity index (χ2v) is 7.13. The maximum atomic E-state index is 11.4. The van der Waals surface area contributed by atoms with Gasteiger partial charge in [-0.25, -0.2) is 13.4 Å². The second kappa shape index (κ2) is 9.58. The van der Waals surface area contributed by atoms with Gasteiger partial charge in [0.2, 0.25) is 0 Å². The zero-order chi connectivity index (χ0) is 16.7. The van der Waals surface area contributed by atoms with E-state index in [0.29, 0.717) is 23.9 Å². The average molecular weight is 460 g/mol. The van der Waals surface area contributed by atoms with E-state index >= 15 is 0 Å². The summed E-state index contributed by atoms with van der Waals surface area (Å²) in [6.45, 7) is 1.05. The summed E-state index contributed by atoms with van der Waals surface area (Å²) in [6, 6.07) is 12.4. The second-order valence-electron chi connectivity index (χ2n) is 5.12. The molecule has 6 nitrogen and oxygen atoms in total. The van der Waals surface area contributed by atoms with Gasteiger partial charge in [-0.3, -0.25) is 4.98 Å². The number of hydrogen-bond acceptors (Lipinski definition) is 4. The molecular formula is C16H21IN4O2S. The number of nitrogens with two attached hydrogens (primary N) is 1. The van der Waals surface area contributed by atoms with Crippen LogP contribution in [0, 0.1) is 0 Å². The number of hydrogen-bond donors (Lipinski definition) is 2. The van der Waals surface area contributed by atoms with Gasteiger partial charge in [-0.05, 0) is 29.8 Å². The Bertz CT molecular complexity index is 762. The molecule has 3 N–H and O–H groups in total. The molecule has 2 aromatic rings. The Labute approximate surface area is 159 Å². The molecule has 0 aliphatic heterocycles. The van der Waals surface area contributed by atoms with Gasteiger partial charge in [0.25, 0.3) is 0 Å². The van der Waals surface area contributed by atoms with E-state index in [-0.39, 0.29) is 24.0 Å². The van der Waals surface area contributed by atoms with Gasteiger partial charge in [0.1, 0.15) is 0 Å². The van der Waals surface area contributed by atoms with Crippen LogP contribution in [0.1, 0.15) is 11.3 Å². The van der Waals surface area contributed by atoms with Crippen LogP contribution in [0.5, 0.6) is 0 Å². The van der Waals surface area contributed by atoms with Gasteiger partial charge in [-0.1, -0.05) is 18.2 Å². The Kier molecular flexibility index (Phi) is 8.13. The zero-order valence-electron chi connectivity index (χ0n) is 13.3. The minimum absolute atomic E-state index is 0. The summed E-state index contributed by atoms with van der Waals surface area (Å²) in [5.41, 5.74) is 7.69. The third-order valence-corrected chi connectivity index (χ3v) is 4.33. The van der Waals surface area contributed by atoms with Gasteiger partial charge in [0, 0.05) is 31.1 Å². The maximum absolute atomic E-state index is 11.4. The molecule has 0 spiro atoms. The van der Waals surface area contributed by atoms with E-state index in [1.54, 1.807) is 30.5 Å². The van der Waals surface area contributed by atoms with Gasteiger partial charge in [0.15, 0.2) is 15.8 Å². The lowest BCUT2D eigenvalue weighted by molar-refractivity contribution is 0.602. The fraction of sp³-hybridized carbons (Fsp3) is 0.250. The van der Waals surface area contributed by atoms with Crippen LogP contribution < -0.4 is 11.1 Å². The molecule has 1 heterocycles. The number of aliphatic imine (C=N–C) groups is 1. The highest BCUT2D eigenvalue weighted by Gasteiger charge is 2.05. The average Bonchev–Trinajstić information content (AvgIpc) is 2.53. The minimum atomic E-state index is -3.17. The standard InChI is InChI=1S/C16H20N4O2S.HI/c1-23(21,22)15-7-5-13(6-8-15)12-20-16(17)19-11-9-14-4-2-3-10-18-14;/h2-8,10H,9,11-12H2,1H3,(H3,17,19,20);1H. The van der Waals surface area contributed by atoms with Gasteiger partial charge >= 0.3 is 0 Å². The Morgan fingerprint density at radius 1 is 1.21 bits per heavy atom. The van der Waals surface area contributed by atoms with Crippen LogP contribution in [0.4, 0.5) is 0 Å².